The van der Waals surface area contributed by atoms with Crippen LogP contribution in [0.2, 0.25) is 5.02 Å². The Hall–Kier alpha value is -3.32. The minimum absolute atomic E-state index is 0.155. The van der Waals surface area contributed by atoms with Crippen molar-refractivity contribution in [1.82, 2.24) is 15.1 Å². The summed E-state index contributed by atoms with van der Waals surface area (Å²) in [5.41, 5.74) is 2.06. The zero-order chi connectivity index (χ0) is 20.2. The lowest BCUT2D eigenvalue weighted by Gasteiger charge is -2.09. The lowest BCUT2D eigenvalue weighted by molar-refractivity contribution is -0.121. The van der Waals surface area contributed by atoms with E-state index in [0.717, 1.165) is 15.8 Å². The molecule has 0 aliphatic carbocycles. The molecule has 0 saturated heterocycles. The van der Waals surface area contributed by atoms with Crippen LogP contribution in [0.3, 0.4) is 0 Å². The number of carbonyl (C=O) groups is 1. The van der Waals surface area contributed by atoms with Crippen LogP contribution in [0.1, 0.15) is 5.56 Å². The van der Waals surface area contributed by atoms with Gasteiger partial charge in [-0.1, -0.05) is 23.7 Å². The summed E-state index contributed by atoms with van der Waals surface area (Å²) in [6, 6.07) is 15.9. The number of hydrogen-bond donors (Lipinski definition) is 1. The molecule has 1 aliphatic rings. The van der Waals surface area contributed by atoms with E-state index in [2.05, 4.69) is 10.4 Å². The highest BCUT2D eigenvalue weighted by molar-refractivity contribution is 6.30. The van der Waals surface area contributed by atoms with Gasteiger partial charge in [-0.05, 0) is 48.4 Å². The molecule has 0 unspecified atom stereocenters. The van der Waals surface area contributed by atoms with E-state index in [9.17, 15) is 9.59 Å². The third-order valence-corrected chi connectivity index (χ3v) is 4.73. The van der Waals surface area contributed by atoms with Crippen LogP contribution in [0.5, 0.6) is 11.5 Å². The zero-order valence-corrected chi connectivity index (χ0v) is 16.2. The van der Waals surface area contributed by atoms with Gasteiger partial charge in [0.1, 0.15) is 6.54 Å². The second-order valence-electron chi connectivity index (χ2n) is 6.51. The van der Waals surface area contributed by atoms with Crippen molar-refractivity contribution < 1.29 is 14.3 Å². The van der Waals surface area contributed by atoms with Gasteiger partial charge in [-0.25, -0.2) is 4.68 Å². The van der Waals surface area contributed by atoms with E-state index in [4.69, 9.17) is 21.1 Å². The molecule has 2 heterocycles. The Morgan fingerprint density at radius 1 is 1.07 bits per heavy atom. The number of nitrogens with one attached hydrogen (secondary N) is 1. The topological polar surface area (TPSA) is 82.5 Å². The predicted molar refractivity (Wildman–Crippen MR) is 108 cm³/mol. The molecular weight excluding hydrogens is 394 g/mol. The van der Waals surface area contributed by atoms with E-state index in [0.29, 0.717) is 35.2 Å². The second kappa shape index (κ2) is 8.36. The van der Waals surface area contributed by atoms with E-state index in [-0.39, 0.29) is 24.8 Å². The Bertz CT molecular complexity index is 1100. The maximum absolute atomic E-state index is 12.2. The summed E-state index contributed by atoms with van der Waals surface area (Å²) in [6.07, 6.45) is 0.669. The minimum Gasteiger partial charge on any atom is -0.454 e. The SMILES string of the molecule is O=C(Cn1nc(-c2ccc3c(c2)OCO3)ccc1=O)NCCc1ccc(Cl)cc1. The quantitative estimate of drug-likeness (QED) is 0.674. The van der Waals surface area contributed by atoms with Crippen molar-refractivity contribution in [3.63, 3.8) is 0 Å². The molecule has 1 aromatic heterocycles. The second-order valence-corrected chi connectivity index (χ2v) is 6.95. The number of ether oxygens (including phenoxy) is 2. The van der Waals surface area contributed by atoms with Gasteiger partial charge in [-0.2, -0.15) is 5.10 Å². The predicted octanol–water partition coefficient (Wildman–Crippen LogP) is 2.65. The van der Waals surface area contributed by atoms with Gasteiger partial charge in [0.2, 0.25) is 12.7 Å². The molecule has 0 atom stereocenters. The first-order chi connectivity index (χ1) is 14.1. The van der Waals surface area contributed by atoms with Gasteiger partial charge in [-0.3, -0.25) is 9.59 Å². The molecule has 1 aliphatic heterocycles. The fourth-order valence-electron chi connectivity index (χ4n) is 2.96. The van der Waals surface area contributed by atoms with Crippen LogP contribution in [0.4, 0.5) is 0 Å². The first-order valence-corrected chi connectivity index (χ1v) is 9.45. The maximum Gasteiger partial charge on any atom is 0.267 e. The summed E-state index contributed by atoms with van der Waals surface area (Å²) >= 11 is 5.86. The van der Waals surface area contributed by atoms with E-state index in [1.54, 1.807) is 18.2 Å². The number of hydrogen-bond acceptors (Lipinski definition) is 5. The highest BCUT2D eigenvalue weighted by atomic mass is 35.5. The molecule has 1 amide bonds. The molecule has 4 rings (SSSR count). The van der Waals surface area contributed by atoms with Crippen LogP contribution in [0.15, 0.2) is 59.4 Å². The fourth-order valence-corrected chi connectivity index (χ4v) is 3.09. The summed E-state index contributed by atoms with van der Waals surface area (Å²) in [5, 5.41) is 7.79. The molecule has 0 spiro atoms. The van der Waals surface area contributed by atoms with Crippen LogP contribution >= 0.6 is 11.6 Å². The summed E-state index contributed by atoms with van der Waals surface area (Å²) in [6.45, 7) is 0.483. The van der Waals surface area contributed by atoms with Crippen LogP contribution < -0.4 is 20.3 Å². The van der Waals surface area contributed by atoms with Gasteiger partial charge < -0.3 is 14.8 Å². The lowest BCUT2D eigenvalue weighted by Crippen LogP contribution is -2.34. The monoisotopic (exact) mass is 411 g/mol. The largest absolute Gasteiger partial charge is 0.454 e. The maximum atomic E-state index is 12.2. The summed E-state index contributed by atoms with van der Waals surface area (Å²) in [4.78, 5) is 24.4. The van der Waals surface area contributed by atoms with Crippen LogP contribution in [0, 0.1) is 0 Å². The Morgan fingerprint density at radius 3 is 2.69 bits per heavy atom. The Labute approximate surface area is 171 Å². The van der Waals surface area contributed by atoms with Gasteiger partial charge in [0.15, 0.2) is 11.5 Å². The third kappa shape index (κ3) is 4.57. The first kappa shape index (κ1) is 19.0. The molecule has 1 N–H and O–H groups in total. The van der Waals surface area contributed by atoms with Crippen molar-refractivity contribution in [2.45, 2.75) is 13.0 Å². The summed E-state index contributed by atoms with van der Waals surface area (Å²) in [7, 11) is 0. The number of rotatable bonds is 6. The van der Waals surface area contributed by atoms with E-state index in [1.807, 2.05) is 30.3 Å². The molecule has 0 radical (unpaired) electrons. The van der Waals surface area contributed by atoms with Crippen molar-refractivity contribution in [3.8, 4) is 22.8 Å². The highest BCUT2D eigenvalue weighted by Gasteiger charge is 2.15. The Morgan fingerprint density at radius 2 is 1.86 bits per heavy atom. The van der Waals surface area contributed by atoms with E-state index >= 15 is 0 Å². The molecule has 148 valence electrons. The lowest BCUT2D eigenvalue weighted by atomic mass is 10.1. The molecule has 0 saturated carbocycles. The summed E-state index contributed by atoms with van der Waals surface area (Å²) < 4.78 is 11.8. The number of fused-ring (bicyclic) bond motifs is 1. The van der Waals surface area contributed by atoms with E-state index in [1.165, 1.54) is 6.07 Å². The number of amides is 1. The molecular formula is C21H18ClN3O4. The van der Waals surface area contributed by atoms with Crippen molar-refractivity contribution in [2.75, 3.05) is 13.3 Å². The minimum atomic E-state index is -0.345. The first-order valence-electron chi connectivity index (χ1n) is 9.08. The molecule has 3 aromatic rings. The van der Waals surface area contributed by atoms with Gasteiger partial charge in [-0.15, -0.1) is 0 Å². The molecule has 29 heavy (non-hydrogen) atoms. The number of aromatic nitrogens is 2. The van der Waals surface area contributed by atoms with Crippen molar-refractivity contribution >= 4 is 17.5 Å². The van der Waals surface area contributed by atoms with Gasteiger partial charge >= 0.3 is 0 Å². The van der Waals surface area contributed by atoms with Crippen molar-refractivity contribution in [2.24, 2.45) is 0 Å². The van der Waals surface area contributed by atoms with Crippen LogP contribution in [-0.2, 0) is 17.8 Å². The number of carbonyl (C=O) groups excluding carboxylic acids is 1. The number of halogens is 1. The third-order valence-electron chi connectivity index (χ3n) is 4.48. The smallest absolute Gasteiger partial charge is 0.267 e. The van der Waals surface area contributed by atoms with Gasteiger partial charge in [0.05, 0.1) is 5.69 Å². The molecule has 0 bridgehead atoms. The number of benzene rings is 2. The van der Waals surface area contributed by atoms with Crippen LogP contribution in [-0.4, -0.2) is 29.0 Å². The molecule has 7 nitrogen and oxygen atoms in total. The Balaban J connectivity index is 1.40. The van der Waals surface area contributed by atoms with Crippen LogP contribution in [0.25, 0.3) is 11.3 Å². The molecule has 2 aromatic carbocycles. The average molecular weight is 412 g/mol. The normalized spacial score (nSPS) is 12.0. The average Bonchev–Trinajstić information content (AvgIpc) is 3.19. The highest BCUT2D eigenvalue weighted by Crippen LogP contribution is 2.35. The zero-order valence-electron chi connectivity index (χ0n) is 15.4. The van der Waals surface area contributed by atoms with Crippen molar-refractivity contribution in [3.05, 3.63) is 75.5 Å². The number of nitrogens with zero attached hydrogens (tertiary/aromatic N) is 2. The van der Waals surface area contributed by atoms with E-state index < -0.39 is 0 Å². The summed E-state index contributed by atoms with van der Waals surface area (Å²) in [5.74, 6) is 1.01. The Kier molecular flexibility index (Phi) is 5.48. The molecule has 8 heteroatoms. The van der Waals surface area contributed by atoms with Crippen molar-refractivity contribution in [1.29, 1.82) is 0 Å². The van der Waals surface area contributed by atoms with Gasteiger partial charge in [0, 0.05) is 23.2 Å². The molecule has 0 fully saturated rings. The fraction of sp³-hybridized carbons (Fsp3) is 0.190. The standard InChI is InChI=1S/C21H18ClN3O4/c22-16-4-1-14(2-5-16)9-10-23-20(26)12-25-21(27)8-6-17(24-25)15-3-7-18-19(11-15)29-13-28-18/h1-8,11H,9-10,12-13H2,(H,23,26). The van der Waals surface area contributed by atoms with Gasteiger partial charge in [0.25, 0.3) is 5.56 Å².